The molecule has 3 aromatic rings. The first-order valence-corrected chi connectivity index (χ1v) is 10.6. The molecule has 1 N–H and O–H groups in total. The van der Waals surface area contributed by atoms with Crippen LogP contribution in [0.2, 0.25) is 0 Å². The quantitative estimate of drug-likeness (QED) is 0.703. The first kappa shape index (κ1) is 19.0. The number of likely N-dealkylation sites (tertiary alicyclic amines) is 1. The normalized spacial score (nSPS) is 16.6. The summed E-state index contributed by atoms with van der Waals surface area (Å²) in [4.78, 5) is 22.6. The lowest BCUT2D eigenvalue weighted by Crippen LogP contribution is -2.46. The number of hydrogen-bond donors (Lipinski definition) is 1. The van der Waals surface area contributed by atoms with Crippen LogP contribution in [0, 0.1) is 0 Å². The maximum Gasteiger partial charge on any atom is 0.317 e. The van der Waals surface area contributed by atoms with Crippen LogP contribution in [-0.4, -0.2) is 54.5 Å². The molecular formula is C21H26N4O2S. The predicted molar refractivity (Wildman–Crippen MR) is 112 cm³/mol. The summed E-state index contributed by atoms with van der Waals surface area (Å²) in [6, 6.07) is 12.2. The zero-order valence-electron chi connectivity index (χ0n) is 16.3. The Hall–Kier alpha value is -2.38. The first-order chi connectivity index (χ1) is 13.6. The number of amides is 2. The van der Waals surface area contributed by atoms with Gasteiger partial charge in [-0.1, -0.05) is 18.2 Å². The number of urea groups is 1. The molecular weight excluding hydrogens is 372 g/mol. The third kappa shape index (κ3) is 4.05. The summed E-state index contributed by atoms with van der Waals surface area (Å²) in [5.74, 6) is 1.07. The summed E-state index contributed by atoms with van der Waals surface area (Å²) in [7, 11) is 4.09. The van der Waals surface area contributed by atoms with Crippen LogP contribution in [0.25, 0.3) is 11.1 Å². The van der Waals surface area contributed by atoms with Gasteiger partial charge < -0.3 is 19.5 Å². The van der Waals surface area contributed by atoms with Crippen LogP contribution in [0.15, 0.2) is 46.2 Å². The fourth-order valence-corrected chi connectivity index (χ4v) is 4.63. The monoisotopic (exact) mass is 398 g/mol. The van der Waals surface area contributed by atoms with E-state index in [2.05, 4.69) is 32.7 Å². The topological polar surface area (TPSA) is 61.6 Å². The number of hydrogen-bond acceptors (Lipinski definition) is 5. The van der Waals surface area contributed by atoms with E-state index >= 15 is 0 Å². The lowest BCUT2D eigenvalue weighted by molar-refractivity contribution is 0.173. The number of nitrogens with one attached hydrogen (secondary N) is 1. The number of thiophene rings is 1. The van der Waals surface area contributed by atoms with E-state index in [0.29, 0.717) is 6.54 Å². The van der Waals surface area contributed by atoms with Gasteiger partial charge in [0.15, 0.2) is 11.5 Å². The SMILES string of the molecule is CN(C)C(CNC(=O)N1CCC(c2nc3ccccc3o2)CC1)c1cccs1. The number of likely N-dealkylation sites (N-methyl/N-ethyl adjacent to an activating group) is 1. The lowest BCUT2D eigenvalue weighted by Gasteiger charge is -2.32. The van der Waals surface area contributed by atoms with Gasteiger partial charge in [0.05, 0.1) is 6.04 Å². The van der Waals surface area contributed by atoms with Crippen molar-refractivity contribution >= 4 is 28.5 Å². The zero-order chi connectivity index (χ0) is 19.5. The Bertz CT molecular complexity index is 881. The lowest BCUT2D eigenvalue weighted by atomic mass is 9.97. The van der Waals surface area contributed by atoms with Crippen molar-refractivity contribution in [3.8, 4) is 0 Å². The third-order valence-corrected chi connectivity index (χ3v) is 6.36. The Balaban J connectivity index is 1.31. The van der Waals surface area contributed by atoms with E-state index in [1.54, 1.807) is 11.3 Å². The number of rotatable bonds is 5. The largest absolute Gasteiger partial charge is 0.440 e. The van der Waals surface area contributed by atoms with Gasteiger partial charge in [0, 0.05) is 30.4 Å². The summed E-state index contributed by atoms with van der Waals surface area (Å²) in [6.45, 7) is 2.05. The van der Waals surface area contributed by atoms with Crippen molar-refractivity contribution in [1.29, 1.82) is 0 Å². The van der Waals surface area contributed by atoms with E-state index in [1.165, 1.54) is 4.88 Å². The molecule has 0 aliphatic carbocycles. The number of aromatic nitrogens is 1. The van der Waals surface area contributed by atoms with Gasteiger partial charge in [-0.05, 0) is 50.5 Å². The summed E-state index contributed by atoms with van der Waals surface area (Å²) in [6.07, 6.45) is 1.75. The summed E-state index contributed by atoms with van der Waals surface area (Å²) in [5, 5.41) is 5.19. The minimum absolute atomic E-state index is 0.0134. The Morgan fingerprint density at radius 2 is 2.07 bits per heavy atom. The average molecular weight is 399 g/mol. The van der Waals surface area contributed by atoms with Crippen molar-refractivity contribution in [2.45, 2.75) is 24.8 Å². The van der Waals surface area contributed by atoms with E-state index in [4.69, 9.17) is 4.42 Å². The molecule has 3 heterocycles. The Labute approximate surface area is 169 Å². The molecule has 1 fully saturated rings. The molecule has 6 nitrogen and oxygen atoms in total. The van der Waals surface area contributed by atoms with Crippen molar-refractivity contribution in [1.82, 2.24) is 20.1 Å². The average Bonchev–Trinajstić information content (AvgIpc) is 3.37. The predicted octanol–water partition coefficient (Wildman–Crippen LogP) is 4.08. The maximum atomic E-state index is 12.6. The van der Waals surface area contributed by atoms with Gasteiger partial charge in [-0.3, -0.25) is 0 Å². The van der Waals surface area contributed by atoms with Crippen molar-refractivity contribution in [3.63, 3.8) is 0 Å². The molecule has 1 aromatic carbocycles. The number of fused-ring (bicyclic) bond motifs is 1. The number of benzene rings is 1. The molecule has 1 unspecified atom stereocenters. The molecule has 4 rings (SSSR count). The van der Waals surface area contributed by atoms with E-state index in [9.17, 15) is 4.79 Å². The van der Waals surface area contributed by atoms with E-state index in [1.807, 2.05) is 43.3 Å². The molecule has 1 atom stereocenters. The molecule has 2 amide bonds. The van der Waals surface area contributed by atoms with Crippen molar-refractivity contribution < 1.29 is 9.21 Å². The van der Waals surface area contributed by atoms with Crippen LogP contribution in [-0.2, 0) is 0 Å². The second kappa shape index (κ2) is 8.32. The highest BCUT2D eigenvalue weighted by Gasteiger charge is 2.27. The van der Waals surface area contributed by atoms with Crippen molar-refractivity contribution in [2.24, 2.45) is 0 Å². The molecule has 1 saturated heterocycles. The molecule has 2 aromatic heterocycles. The molecule has 1 aliphatic rings. The number of carbonyl (C=O) groups excluding carboxylic acids is 1. The fraction of sp³-hybridized carbons (Fsp3) is 0.429. The molecule has 148 valence electrons. The minimum Gasteiger partial charge on any atom is -0.440 e. The van der Waals surface area contributed by atoms with Crippen LogP contribution >= 0.6 is 11.3 Å². The molecule has 1 aliphatic heterocycles. The van der Waals surface area contributed by atoms with Crippen LogP contribution in [0.5, 0.6) is 0 Å². The van der Waals surface area contributed by atoms with Gasteiger partial charge in [-0.2, -0.15) is 0 Å². The molecule has 0 saturated carbocycles. The number of piperidine rings is 1. The van der Waals surface area contributed by atoms with E-state index in [0.717, 1.165) is 42.9 Å². The smallest absolute Gasteiger partial charge is 0.317 e. The highest BCUT2D eigenvalue weighted by atomic mass is 32.1. The summed E-state index contributed by atoms with van der Waals surface area (Å²) in [5.41, 5.74) is 1.74. The molecule has 0 spiro atoms. The van der Waals surface area contributed by atoms with Gasteiger partial charge in [-0.15, -0.1) is 11.3 Å². The van der Waals surface area contributed by atoms with Gasteiger partial charge in [0.2, 0.25) is 0 Å². The zero-order valence-corrected chi connectivity index (χ0v) is 17.1. The van der Waals surface area contributed by atoms with Gasteiger partial charge in [0.1, 0.15) is 5.52 Å². The van der Waals surface area contributed by atoms with Gasteiger partial charge in [-0.25, -0.2) is 9.78 Å². The first-order valence-electron chi connectivity index (χ1n) is 9.70. The standard InChI is InChI=1S/C21H26N4O2S/c1-24(2)17(19-8-5-13-28-19)14-22-21(26)25-11-9-15(10-12-25)20-23-16-6-3-4-7-18(16)27-20/h3-8,13,15,17H,9-12,14H2,1-2H3,(H,22,26). The minimum atomic E-state index is 0.0134. The number of nitrogens with zero attached hydrogens (tertiary/aromatic N) is 3. The van der Waals surface area contributed by atoms with Crippen LogP contribution in [0.3, 0.4) is 0 Å². The maximum absolute atomic E-state index is 12.6. The molecule has 0 bridgehead atoms. The Morgan fingerprint density at radius 1 is 1.29 bits per heavy atom. The Kier molecular flexibility index (Phi) is 5.64. The second-order valence-electron chi connectivity index (χ2n) is 7.46. The van der Waals surface area contributed by atoms with Crippen molar-refractivity contribution in [3.05, 3.63) is 52.5 Å². The van der Waals surface area contributed by atoms with Gasteiger partial charge in [0.25, 0.3) is 0 Å². The molecule has 0 radical (unpaired) electrons. The summed E-state index contributed by atoms with van der Waals surface area (Å²) >= 11 is 1.72. The highest BCUT2D eigenvalue weighted by molar-refractivity contribution is 7.10. The summed E-state index contributed by atoms with van der Waals surface area (Å²) < 4.78 is 5.92. The Morgan fingerprint density at radius 3 is 2.75 bits per heavy atom. The number of oxazole rings is 1. The van der Waals surface area contributed by atoms with E-state index in [-0.39, 0.29) is 18.0 Å². The second-order valence-corrected chi connectivity index (χ2v) is 8.44. The van der Waals surface area contributed by atoms with Crippen LogP contribution in [0.4, 0.5) is 4.79 Å². The highest BCUT2D eigenvalue weighted by Crippen LogP contribution is 2.30. The third-order valence-electron chi connectivity index (χ3n) is 5.38. The van der Waals surface area contributed by atoms with Gasteiger partial charge >= 0.3 is 6.03 Å². The van der Waals surface area contributed by atoms with Crippen molar-refractivity contribution in [2.75, 3.05) is 33.7 Å². The molecule has 28 heavy (non-hydrogen) atoms. The van der Waals surface area contributed by atoms with E-state index < -0.39 is 0 Å². The fourth-order valence-electron chi connectivity index (χ4n) is 3.71. The van der Waals surface area contributed by atoms with Crippen LogP contribution in [0.1, 0.15) is 35.6 Å². The number of carbonyl (C=O) groups is 1. The van der Waals surface area contributed by atoms with Crippen LogP contribution < -0.4 is 5.32 Å². The number of para-hydroxylation sites is 2. The molecule has 7 heteroatoms.